The van der Waals surface area contributed by atoms with Crippen LogP contribution in [-0.2, 0) is 18.8 Å². The van der Waals surface area contributed by atoms with Gasteiger partial charge in [-0.3, -0.25) is 0 Å². The van der Waals surface area contributed by atoms with Crippen LogP contribution in [0, 0.1) is 0 Å². The van der Waals surface area contributed by atoms with Gasteiger partial charge in [0.05, 0.1) is 12.3 Å². The number of rotatable bonds is 7. The highest BCUT2D eigenvalue weighted by Crippen LogP contribution is 2.19. The summed E-state index contributed by atoms with van der Waals surface area (Å²) in [6.45, 7) is 1.65. The number of nitrogens with one attached hydrogen (secondary N) is 1. The number of furan rings is 1. The molecule has 20 heavy (non-hydrogen) atoms. The molecule has 2 rings (SSSR count). The van der Waals surface area contributed by atoms with E-state index >= 15 is 0 Å². The standard InChI is InChI=1S/C16H22N2OS/c1-18(2)11-13-6-4-5-7-16(13)17-10-14-8-9-15(19-14)12-20-3/h4-9,17H,10-12H2,1-3H3. The smallest absolute Gasteiger partial charge is 0.123 e. The van der Waals surface area contributed by atoms with Gasteiger partial charge in [-0.25, -0.2) is 0 Å². The Morgan fingerprint density at radius 2 is 1.85 bits per heavy atom. The summed E-state index contributed by atoms with van der Waals surface area (Å²) < 4.78 is 5.77. The highest BCUT2D eigenvalue weighted by Gasteiger charge is 2.05. The maximum Gasteiger partial charge on any atom is 0.123 e. The predicted octanol–water partition coefficient (Wildman–Crippen LogP) is 3.82. The third-order valence-electron chi connectivity index (χ3n) is 2.96. The van der Waals surface area contributed by atoms with Gasteiger partial charge in [0.25, 0.3) is 0 Å². The van der Waals surface area contributed by atoms with Gasteiger partial charge in [0.2, 0.25) is 0 Å². The second kappa shape index (κ2) is 7.41. The van der Waals surface area contributed by atoms with Crippen LogP contribution >= 0.6 is 11.8 Å². The normalized spacial score (nSPS) is 11.0. The molecule has 0 radical (unpaired) electrons. The molecule has 1 heterocycles. The number of anilines is 1. The first-order chi connectivity index (χ1) is 9.69. The number of hydrogen-bond donors (Lipinski definition) is 1. The Labute approximate surface area is 125 Å². The minimum atomic E-state index is 0.721. The molecule has 0 aliphatic rings. The zero-order valence-electron chi connectivity index (χ0n) is 12.3. The molecule has 1 aromatic heterocycles. The molecule has 0 saturated heterocycles. The molecule has 0 aliphatic carbocycles. The zero-order chi connectivity index (χ0) is 14.4. The van der Waals surface area contributed by atoms with E-state index in [1.807, 2.05) is 6.07 Å². The van der Waals surface area contributed by atoms with E-state index in [0.717, 1.165) is 30.4 Å². The van der Waals surface area contributed by atoms with Crippen LogP contribution in [0.1, 0.15) is 17.1 Å². The van der Waals surface area contributed by atoms with Gasteiger partial charge in [0.15, 0.2) is 0 Å². The van der Waals surface area contributed by atoms with Crippen molar-refractivity contribution in [3.8, 4) is 0 Å². The number of hydrogen-bond acceptors (Lipinski definition) is 4. The van der Waals surface area contributed by atoms with Crippen molar-refractivity contribution in [2.45, 2.75) is 18.8 Å². The number of thioether (sulfide) groups is 1. The Kier molecular flexibility index (Phi) is 5.56. The molecule has 0 spiro atoms. The Morgan fingerprint density at radius 3 is 2.60 bits per heavy atom. The Morgan fingerprint density at radius 1 is 1.10 bits per heavy atom. The fraction of sp³-hybridized carbons (Fsp3) is 0.375. The third kappa shape index (κ3) is 4.32. The van der Waals surface area contributed by atoms with Crippen molar-refractivity contribution in [3.63, 3.8) is 0 Å². The van der Waals surface area contributed by atoms with E-state index in [1.165, 1.54) is 11.3 Å². The third-order valence-corrected chi connectivity index (χ3v) is 3.53. The second-order valence-corrected chi connectivity index (χ2v) is 5.92. The van der Waals surface area contributed by atoms with Crippen LogP contribution < -0.4 is 5.32 Å². The highest BCUT2D eigenvalue weighted by atomic mass is 32.2. The van der Waals surface area contributed by atoms with Crippen molar-refractivity contribution >= 4 is 17.4 Å². The Hall–Kier alpha value is -1.39. The van der Waals surface area contributed by atoms with Crippen LogP contribution in [0.4, 0.5) is 5.69 Å². The van der Waals surface area contributed by atoms with Gasteiger partial charge < -0.3 is 14.6 Å². The molecule has 0 fully saturated rings. The summed E-state index contributed by atoms with van der Waals surface area (Å²) in [5.41, 5.74) is 2.47. The first-order valence-electron chi connectivity index (χ1n) is 6.72. The van der Waals surface area contributed by atoms with Crippen molar-refractivity contribution in [2.75, 3.05) is 25.7 Å². The molecule has 0 atom stereocenters. The SMILES string of the molecule is CSCc1ccc(CNc2ccccc2CN(C)C)o1. The maximum atomic E-state index is 5.77. The fourth-order valence-corrected chi connectivity index (χ4v) is 2.53. The van der Waals surface area contributed by atoms with Gasteiger partial charge in [0, 0.05) is 12.2 Å². The number of nitrogens with zero attached hydrogens (tertiary/aromatic N) is 1. The van der Waals surface area contributed by atoms with Crippen molar-refractivity contribution < 1.29 is 4.42 Å². The van der Waals surface area contributed by atoms with Crippen LogP contribution in [-0.4, -0.2) is 25.3 Å². The molecule has 0 bridgehead atoms. The lowest BCUT2D eigenvalue weighted by Crippen LogP contribution is -2.12. The van der Waals surface area contributed by atoms with Crippen LogP contribution in [0.5, 0.6) is 0 Å². The van der Waals surface area contributed by atoms with Crippen molar-refractivity contribution in [3.05, 3.63) is 53.5 Å². The number of para-hydroxylation sites is 1. The van der Waals surface area contributed by atoms with Crippen molar-refractivity contribution in [1.29, 1.82) is 0 Å². The van der Waals surface area contributed by atoms with Crippen molar-refractivity contribution in [2.24, 2.45) is 0 Å². The quantitative estimate of drug-likeness (QED) is 0.839. The lowest BCUT2D eigenvalue weighted by atomic mass is 10.1. The average molecular weight is 290 g/mol. The topological polar surface area (TPSA) is 28.4 Å². The summed E-state index contributed by atoms with van der Waals surface area (Å²) in [5.74, 6) is 2.95. The summed E-state index contributed by atoms with van der Waals surface area (Å²) in [6, 6.07) is 12.5. The summed E-state index contributed by atoms with van der Waals surface area (Å²) in [7, 11) is 4.16. The van der Waals surface area contributed by atoms with E-state index in [9.17, 15) is 0 Å². The lowest BCUT2D eigenvalue weighted by Gasteiger charge is -2.15. The molecule has 0 saturated carbocycles. The van der Waals surface area contributed by atoms with Gasteiger partial charge >= 0.3 is 0 Å². The summed E-state index contributed by atoms with van der Waals surface area (Å²) in [4.78, 5) is 2.17. The average Bonchev–Trinajstić information content (AvgIpc) is 2.85. The Balaban J connectivity index is 1.99. The fourth-order valence-electron chi connectivity index (χ4n) is 2.09. The number of benzene rings is 1. The molecule has 0 unspecified atom stereocenters. The highest BCUT2D eigenvalue weighted by molar-refractivity contribution is 7.97. The predicted molar refractivity (Wildman–Crippen MR) is 87.1 cm³/mol. The molecular weight excluding hydrogens is 268 g/mol. The van der Waals surface area contributed by atoms with E-state index in [4.69, 9.17) is 4.42 Å². The molecule has 3 nitrogen and oxygen atoms in total. The molecular formula is C16H22N2OS. The van der Waals surface area contributed by atoms with Gasteiger partial charge in [-0.1, -0.05) is 18.2 Å². The van der Waals surface area contributed by atoms with Crippen molar-refractivity contribution in [1.82, 2.24) is 4.90 Å². The van der Waals surface area contributed by atoms with E-state index in [2.05, 4.69) is 60.9 Å². The molecule has 2 aromatic rings. The lowest BCUT2D eigenvalue weighted by molar-refractivity contribution is 0.403. The van der Waals surface area contributed by atoms with E-state index in [1.54, 1.807) is 11.8 Å². The first-order valence-corrected chi connectivity index (χ1v) is 8.11. The van der Waals surface area contributed by atoms with E-state index < -0.39 is 0 Å². The summed E-state index contributed by atoms with van der Waals surface area (Å²) in [5, 5.41) is 3.46. The minimum absolute atomic E-state index is 0.721. The van der Waals surface area contributed by atoms with Gasteiger partial charge in [-0.15, -0.1) is 0 Å². The largest absolute Gasteiger partial charge is 0.463 e. The molecule has 108 valence electrons. The summed E-state index contributed by atoms with van der Waals surface area (Å²) in [6.07, 6.45) is 2.08. The van der Waals surface area contributed by atoms with Crippen LogP contribution in [0.2, 0.25) is 0 Å². The summed E-state index contributed by atoms with van der Waals surface area (Å²) >= 11 is 1.77. The van der Waals surface area contributed by atoms with E-state index in [-0.39, 0.29) is 0 Å². The Bertz CT molecular complexity index is 537. The second-order valence-electron chi connectivity index (χ2n) is 5.05. The first kappa shape index (κ1) is 15.0. The van der Waals surface area contributed by atoms with Gasteiger partial charge in [-0.2, -0.15) is 11.8 Å². The van der Waals surface area contributed by atoms with Crippen LogP contribution in [0.15, 0.2) is 40.8 Å². The zero-order valence-corrected chi connectivity index (χ0v) is 13.2. The molecule has 4 heteroatoms. The van der Waals surface area contributed by atoms with Crippen LogP contribution in [0.3, 0.4) is 0 Å². The molecule has 0 amide bonds. The monoisotopic (exact) mass is 290 g/mol. The minimum Gasteiger partial charge on any atom is -0.463 e. The molecule has 1 aromatic carbocycles. The molecule has 1 N–H and O–H groups in total. The van der Waals surface area contributed by atoms with E-state index in [0.29, 0.717) is 0 Å². The van der Waals surface area contributed by atoms with Crippen LogP contribution in [0.25, 0.3) is 0 Å². The maximum absolute atomic E-state index is 5.77. The van der Waals surface area contributed by atoms with Gasteiger partial charge in [-0.05, 0) is 44.1 Å². The van der Waals surface area contributed by atoms with Gasteiger partial charge in [0.1, 0.15) is 11.5 Å². The molecule has 0 aliphatic heterocycles.